The van der Waals surface area contributed by atoms with Crippen LogP contribution in [0.25, 0.3) is 0 Å². The number of benzene rings is 2. The van der Waals surface area contributed by atoms with Crippen LogP contribution in [0.2, 0.25) is 0 Å². The Kier molecular flexibility index (Phi) is 4.71. The van der Waals surface area contributed by atoms with Gasteiger partial charge < -0.3 is 10.2 Å². The third-order valence-electron chi connectivity index (χ3n) is 3.43. The molecule has 0 aliphatic rings. The molecule has 0 unspecified atom stereocenters. The van der Waals surface area contributed by atoms with E-state index >= 15 is 0 Å². The van der Waals surface area contributed by atoms with E-state index in [4.69, 9.17) is 0 Å². The first-order valence-electron chi connectivity index (χ1n) is 6.74. The van der Waals surface area contributed by atoms with Crippen LogP contribution in [0.5, 0.6) is 0 Å². The topological polar surface area (TPSA) is 15.3 Å². The maximum absolute atomic E-state index is 3.53. The van der Waals surface area contributed by atoms with Gasteiger partial charge in [-0.2, -0.15) is 0 Å². The fraction of sp³-hybridized carbons (Fsp3) is 0.294. The van der Waals surface area contributed by atoms with E-state index in [1.807, 2.05) is 0 Å². The van der Waals surface area contributed by atoms with Crippen LogP contribution in [0.15, 0.2) is 40.9 Å². The molecule has 1 N–H and O–H groups in total. The number of rotatable bonds is 4. The van der Waals surface area contributed by atoms with Crippen molar-refractivity contribution in [3.05, 3.63) is 57.6 Å². The van der Waals surface area contributed by atoms with Crippen molar-refractivity contribution < 1.29 is 0 Å². The fourth-order valence-corrected chi connectivity index (χ4v) is 2.39. The second-order valence-corrected chi connectivity index (χ2v) is 6.19. The van der Waals surface area contributed by atoms with Gasteiger partial charge in [0.15, 0.2) is 0 Å². The normalized spacial score (nSPS) is 10.4. The van der Waals surface area contributed by atoms with E-state index in [0.717, 1.165) is 11.0 Å². The third-order valence-corrected chi connectivity index (χ3v) is 4.32. The van der Waals surface area contributed by atoms with Crippen molar-refractivity contribution in [1.29, 1.82) is 0 Å². The minimum Gasteiger partial charge on any atom is -0.381 e. The molecule has 2 aromatic rings. The van der Waals surface area contributed by atoms with Crippen LogP contribution in [-0.2, 0) is 6.54 Å². The van der Waals surface area contributed by atoms with Crippen molar-refractivity contribution in [1.82, 2.24) is 0 Å². The molecule has 0 aliphatic heterocycles. The average Bonchev–Trinajstić information content (AvgIpc) is 2.41. The molecule has 0 fully saturated rings. The lowest BCUT2D eigenvalue weighted by Gasteiger charge is -2.16. The van der Waals surface area contributed by atoms with Crippen molar-refractivity contribution in [3.63, 3.8) is 0 Å². The molecular formula is C17H21BrN2. The molecule has 0 aliphatic carbocycles. The van der Waals surface area contributed by atoms with Crippen LogP contribution >= 0.6 is 15.9 Å². The highest BCUT2D eigenvalue weighted by atomic mass is 79.9. The van der Waals surface area contributed by atoms with Gasteiger partial charge in [0.2, 0.25) is 0 Å². The predicted octanol–water partition coefficient (Wildman–Crippen LogP) is 4.74. The Morgan fingerprint density at radius 2 is 1.75 bits per heavy atom. The number of anilines is 2. The van der Waals surface area contributed by atoms with Crippen LogP contribution < -0.4 is 10.2 Å². The summed E-state index contributed by atoms with van der Waals surface area (Å²) in [6.45, 7) is 5.10. The molecule has 106 valence electrons. The number of nitrogens with one attached hydrogen (secondary N) is 1. The molecule has 3 heteroatoms. The summed E-state index contributed by atoms with van der Waals surface area (Å²) in [5.41, 5.74) is 6.25. The quantitative estimate of drug-likeness (QED) is 0.869. The van der Waals surface area contributed by atoms with E-state index in [-0.39, 0.29) is 0 Å². The van der Waals surface area contributed by atoms with Crippen molar-refractivity contribution in [2.45, 2.75) is 20.4 Å². The zero-order valence-electron chi connectivity index (χ0n) is 12.5. The minimum absolute atomic E-state index is 0.844. The van der Waals surface area contributed by atoms with Gasteiger partial charge in [0.1, 0.15) is 0 Å². The largest absolute Gasteiger partial charge is 0.381 e. The Hall–Kier alpha value is -1.48. The second-order valence-electron chi connectivity index (χ2n) is 5.33. The Morgan fingerprint density at radius 1 is 1.00 bits per heavy atom. The standard InChI is InChI=1S/C17H21BrN2/c1-12-9-14(5-7-16(12)18)11-19-17-8-6-15(20(3)4)10-13(17)2/h5-10,19H,11H2,1-4H3. The van der Waals surface area contributed by atoms with Gasteiger partial charge in [-0.3, -0.25) is 0 Å². The monoisotopic (exact) mass is 332 g/mol. The van der Waals surface area contributed by atoms with E-state index in [1.165, 1.54) is 28.1 Å². The highest BCUT2D eigenvalue weighted by molar-refractivity contribution is 9.10. The molecule has 0 radical (unpaired) electrons. The first-order chi connectivity index (χ1) is 9.47. The highest BCUT2D eigenvalue weighted by Gasteiger charge is 2.02. The van der Waals surface area contributed by atoms with E-state index in [2.05, 4.69) is 90.5 Å². The summed E-state index contributed by atoms with van der Waals surface area (Å²) in [5.74, 6) is 0. The molecule has 20 heavy (non-hydrogen) atoms. The number of aryl methyl sites for hydroxylation is 2. The summed E-state index contributed by atoms with van der Waals surface area (Å²) in [4.78, 5) is 2.12. The number of hydrogen-bond acceptors (Lipinski definition) is 2. The van der Waals surface area contributed by atoms with Gasteiger partial charge in [-0.1, -0.05) is 28.1 Å². The summed E-state index contributed by atoms with van der Waals surface area (Å²) < 4.78 is 1.16. The fourth-order valence-electron chi connectivity index (χ4n) is 2.14. The third kappa shape index (κ3) is 3.54. The Bertz CT molecular complexity index is 606. The minimum atomic E-state index is 0.844. The molecular weight excluding hydrogens is 312 g/mol. The van der Waals surface area contributed by atoms with Crippen molar-refractivity contribution >= 4 is 27.3 Å². The number of hydrogen-bond donors (Lipinski definition) is 1. The second kappa shape index (κ2) is 6.31. The maximum Gasteiger partial charge on any atom is 0.0400 e. The van der Waals surface area contributed by atoms with Gasteiger partial charge >= 0.3 is 0 Å². The van der Waals surface area contributed by atoms with Gasteiger partial charge in [0, 0.05) is 36.5 Å². The van der Waals surface area contributed by atoms with Crippen molar-refractivity contribution in [2.24, 2.45) is 0 Å². The first kappa shape index (κ1) is 14.9. The molecule has 0 amide bonds. The van der Waals surface area contributed by atoms with Gasteiger partial charge in [0.25, 0.3) is 0 Å². The van der Waals surface area contributed by atoms with Gasteiger partial charge in [-0.05, 0) is 54.8 Å². The molecule has 0 aromatic heterocycles. The van der Waals surface area contributed by atoms with E-state index < -0.39 is 0 Å². The first-order valence-corrected chi connectivity index (χ1v) is 7.53. The SMILES string of the molecule is Cc1cc(CNc2ccc(N(C)C)cc2C)ccc1Br. The summed E-state index contributed by atoms with van der Waals surface area (Å²) in [5, 5.41) is 3.51. The van der Waals surface area contributed by atoms with Gasteiger partial charge in [-0.15, -0.1) is 0 Å². The van der Waals surface area contributed by atoms with Crippen molar-refractivity contribution in [2.75, 3.05) is 24.3 Å². The lowest BCUT2D eigenvalue weighted by Crippen LogP contribution is -2.09. The zero-order valence-corrected chi connectivity index (χ0v) is 14.1. The van der Waals surface area contributed by atoms with Crippen molar-refractivity contribution in [3.8, 4) is 0 Å². The lowest BCUT2D eigenvalue weighted by molar-refractivity contribution is 1.11. The lowest BCUT2D eigenvalue weighted by atomic mass is 10.1. The molecule has 2 rings (SSSR count). The van der Waals surface area contributed by atoms with Crippen LogP contribution in [0.3, 0.4) is 0 Å². The smallest absolute Gasteiger partial charge is 0.0400 e. The Balaban J connectivity index is 2.09. The van der Waals surface area contributed by atoms with Crippen LogP contribution in [0.4, 0.5) is 11.4 Å². The summed E-state index contributed by atoms with van der Waals surface area (Å²) in [7, 11) is 4.12. The maximum atomic E-state index is 3.53. The summed E-state index contributed by atoms with van der Waals surface area (Å²) >= 11 is 3.53. The van der Waals surface area contributed by atoms with Gasteiger partial charge in [0.05, 0.1) is 0 Å². The molecule has 0 atom stereocenters. The van der Waals surface area contributed by atoms with E-state index in [9.17, 15) is 0 Å². The van der Waals surface area contributed by atoms with E-state index in [0.29, 0.717) is 0 Å². The number of nitrogens with zero attached hydrogens (tertiary/aromatic N) is 1. The Morgan fingerprint density at radius 3 is 2.35 bits per heavy atom. The van der Waals surface area contributed by atoms with Crippen LogP contribution in [-0.4, -0.2) is 14.1 Å². The molecule has 0 heterocycles. The molecule has 2 aromatic carbocycles. The van der Waals surface area contributed by atoms with E-state index in [1.54, 1.807) is 0 Å². The zero-order chi connectivity index (χ0) is 14.7. The van der Waals surface area contributed by atoms with Crippen LogP contribution in [0.1, 0.15) is 16.7 Å². The predicted molar refractivity (Wildman–Crippen MR) is 91.7 cm³/mol. The average molecular weight is 333 g/mol. The number of halogens is 1. The van der Waals surface area contributed by atoms with Gasteiger partial charge in [-0.25, -0.2) is 0 Å². The Labute approximate surface area is 129 Å². The molecule has 0 spiro atoms. The molecule has 2 nitrogen and oxygen atoms in total. The summed E-state index contributed by atoms with van der Waals surface area (Å²) in [6.07, 6.45) is 0. The van der Waals surface area contributed by atoms with Crippen LogP contribution in [0, 0.1) is 13.8 Å². The molecule has 0 saturated carbocycles. The highest BCUT2D eigenvalue weighted by Crippen LogP contribution is 2.23. The molecule has 0 saturated heterocycles. The molecule has 0 bridgehead atoms. The summed E-state index contributed by atoms with van der Waals surface area (Å²) in [6, 6.07) is 13.0.